The first-order valence-corrected chi connectivity index (χ1v) is 9.32. The summed E-state index contributed by atoms with van der Waals surface area (Å²) in [6, 6.07) is 8.43. The SMILES string of the molecule is COc1cc(/C=C/C(=O)O[C@H](C)C(=O)Nc2ccc(Cl)cn2)ccc1OC(C)C. The van der Waals surface area contributed by atoms with Crippen molar-refractivity contribution in [1.82, 2.24) is 4.98 Å². The number of hydrogen-bond donors (Lipinski definition) is 1. The van der Waals surface area contributed by atoms with Crippen LogP contribution in [0.5, 0.6) is 11.5 Å². The molecule has 2 aromatic rings. The van der Waals surface area contributed by atoms with E-state index in [-0.39, 0.29) is 6.10 Å². The molecule has 0 aliphatic rings. The lowest BCUT2D eigenvalue weighted by Crippen LogP contribution is -2.29. The Balaban J connectivity index is 1.94. The number of aromatic nitrogens is 1. The van der Waals surface area contributed by atoms with Crippen LogP contribution in [0.1, 0.15) is 26.3 Å². The highest BCUT2D eigenvalue weighted by molar-refractivity contribution is 6.30. The Morgan fingerprint density at radius 2 is 1.90 bits per heavy atom. The van der Waals surface area contributed by atoms with E-state index in [4.69, 9.17) is 25.8 Å². The number of nitrogens with zero attached hydrogens (tertiary/aromatic N) is 1. The molecule has 29 heavy (non-hydrogen) atoms. The Kier molecular flexibility index (Phi) is 8.03. The van der Waals surface area contributed by atoms with Gasteiger partial charge in [-0.3, -0.25) is 4.79 Å². The van der Waals surface area contributed by atoms with Gasteiger partial charge in [-0.25, -0.2) is 9.78 Å². The second-order valence-electron chi connectivity index (χ2n) is 6.34. The van der Waals surface area contributed by atoms with Gasteiger partial charge in [-0.05, 0) is 56.7 Å². The highest BCUT2D eigenvalue weighted by Gasteiger charge is 2.17. The predicted molar refractivity (Wildman–Crippen MR) is 111 cm³/mol. The number of esters is 1. The number of carbonyl (C=O) groups is 2. The Labute approximate surface area is 174 Å². The molecule has 1 aromatic heterocycles. The molecule has 1 amide bonds. The Morgan fingerprint density at radius 1 is 1.14 bits per heavy atom. The van der Waals surface area contributed by atoms with Crippen LogP contribution < -0.4 is 14.8 Å². The summed E-state index contributed by atoms with van der Waals surface area (Å²) in [6.45, 7) is 5.31. The van der Waals surface area contributed by atoms with Crippen LogP contribution >= 0.6 is 11.6 Å². The lowest BCUT2D eigenvalue weighted by molar-refractivity contribution is -0.148. The van der Waals surface area contributed by atoms with E-state index in [0.717, 1.165) is 5.56 Å². The minimum absolute atomic E-state index is 0.0102. The zero-order chi connectivity index (χ0) is 21.4. The number of hydrogen-bond acceptors (Lipinski definition) is 6. The Hall–Kier alpha value is -3.06. The fraction of sp³-hybridized carbons (Fsp3) is 0.286. The highest BCUT2D eigenvalue weighted by atomic mass is 35.5. The monoisotopic (exact) mass is 418 g/mol. The maximum Gasteiger partial charge on any atom is 0.331 e. The number of halogens is 1. The van der Waals surface area contributed by atoms with Crippen molar-refractivity contribution >= 4 is 35.4 Å². The maximum atomic E-state index is 12.1. The molecule has 0 saturated carbocycles. The number of rotatable bonds is 8. The van der Waals surface area contributed by atoms with Crippen LogP contribution in [-0.2, 0) is 14.3 Å². The second kappa shape index (κ2) is 10.5. The maximum absolute atomic E-state index is 12.1. The van der Waals surface area contributed by atoms with Crippen molar-refractivity contribution in [2.24, 2.45) is 0 Å². The number of ether oxygens (including phenoxy) is 3. The van der Waals surface area contributed by atoms with Crippen LogP contribution in [0.4, 0.5) is 5.82 Å². The van der Waals surface area contributed by atoms with Crippen molar-refractivity contribution in [1.29, 1.82) is 0 Å². The normalized spacial score (nSPS) is 11.9. The van der Waals surface area contributed by atoms with Crippen molar-refractivity contribution in [3.63, 3.8) is 0 Å². The van der Waals surface area contributed by atoms with E-state index >= 15 is 0 Å². The number of anilines is 1. The molecule has 1 aromatic carbocycles. The number of amides is 1. The smallest absolute Gasteiger partial charge is 0.331 e. The van der Waals surface area contributed by atoms with E-state index in [9.17, 15) is 9.59 Å². The molecule has 1 heterocycles. The van der Waals surface area contributed by atoms with E-state index in [2.05, 4.69) is 10.3 Å². The van der Waals surface area contributed by atoms with E-state index in [1.807, 2.05) is 13.8 Å². The van der Waals surface area contributed by atoms with E-state index < -0.39 is 18.0 Å². The van der Waals surface area contributed by atoms with Crippen LogP contribution in [0.25, 0.3) is 6.08 Å². The molecular weight excluding hydrogens is 396 g/mol. The average molecular weight is 419 g/mol. The van der Waals surface area contributed by atoms with Crippen LogP contribution in [0, 0.1) is 0 Å². The molecule has 0 bridgehead atoms. The van der Waals surface area contributed by atoms with E-state index in [1.54, 1.807) is 43.5 Å². The molecule has 1 N–H and O–H groups in total. The Bertz CT molecular complexity index is 881. The number of benzene rings is 1. The first-order valence-electron chi connectivity index (χ1n) is 8.94. The third-order valence-electron chi connectivity index (χ3n) is 3.60. The Morgan fingerprint density at radius 3 is 2.52 bits per heavy atom. The molecule has 154 valence electrons. The summed E-state index contributed by atoms with van der Waals surface area (Å²) in [5, 5.41) is 3.00. The standard InChI is InChI=1S/C21H23ClN2O5/c1-13(2)28-17-8-5-15(11-18(17)27-4)6-10-20(25)29-14(3)21(26)24-19-9-7-16(22)12-23-19/h5-14H,1-4H3,(H,23,24,26)/b10-6+/t14-/m1/s1. The van der Waals surface area contributed by atoms with Gasteiger partial charge in [-0.1, -0.05) is 17.7 Å². The van der Waals surface area contributed by atoms with Gasteiger partial charge in [-0.2, -0.15) is 0 Å². The molecule has 8 heteroatoms. The van der Waals surface area contributed by atoms with Gasteiger partial charge in [0.1, 0.15) is 5.82 Å². The van der Waals surface area contributed by atoms with Crippen molar-refractivity contribution in [2.45, 2.75) is 33.0 Å². The van der Waals surface area contributed by atoms with E-state index in [0.29, 0.717) is 22.3 Å². The van der Waals surface area contributed by atoms with Crippen molar-refractivity contribution in [3.05, 3.63) is 53.2 Å². The molecule has 0 spiro atoms. The summed E-state index contributed by atoms with van der Waals surface area (Å²) in [7, 11) is 1.54. The summed E-state index contributed by atoms with van der Waals surface area (Å²) in [6.07, 6.45) is 3.22. The highest BCUT2D eigenvalue weighted by Crippen LogP contribution is 2.29. The quantitative estimate of drug-likeness (QED) is 0.512. The third-order valence-corrected chi connectivity index (χ3v) is 3.83. The van der Waals surface area contributed by atoms with Gasteiger partial charge in [0.25, 0.3) is 5.91 Å². The van der Waals surface area contributed by atoms with Gasteiger partial charge >= 0.3 is 5.97 Å². The fourth-order valence-corrected chi connectivity index (χ4v) is 2.36. The van der Waals surface area contributed by atoms with Gasteiger partial charge in [0, 0.05) is 12.3 Å². The summed E-state index contributed by atoms with van der Waals surface area (Å²) in [4.78, 5) is 28.1. The van der Waals surface area contributed by atoms with Crippen LogP contribution in [0.2, 0.25) is 5.02 Å². The fourth-order valence-electron chi connectivity index (χ4n) is 2.25. The molecule has 0 saturated heterocycles. The lowest BCUT2D eigenvalue weighted by Gasteiger charge is -2.14. The summed E-state index contributed by atoms with van der Waals surface area (Å²) in [5.41, 5.74) is 0.720. The average Bonchev–Trinajstić information content (AvgIpc) is 2.68. The third kappa shape index (κ3) is 7.12. The molecule has 1 atom stereocenters. The topological polar surface area (TPSA) is 86.8 Å². The van der Waals surface area contributed by atoms with Gasteiger partial charge in [0.05, 0.1) is 18.2 Å². The molecular formula is C21H23ClN2O5. The van der Waals surface area contributed by atoms with Crippen molar-refractivity contribution in [3.8, 4) is 11.5 Å². The number of nitrogens with one attached hydrogen (secondary N) is 1. The van der Waals surface area contributed by atoms with E-state index in [1.165, 1.54) is 19.2 Å². The van der Waals surface area contributed by atoms with Crippen molar-refractivity contribution in [2.75, 3.05) is 12.4 Å². The van der Waals surface area contributed by atoms with Crippen LogP contribution in [0.15, 0.2) is 42.6 Å². The first kappa shape index (κ1) is 22.2. The number of pyridine rings is 1. The molecule has 0 aliphatic heterocycles. The lowest BCUT2D eigenvalue weighted by atomic mass is 10.2. The first-order chi connectivity index (χ1) is 13.8. The minimum atomic E-state index is -0.999. The summed E-state index contributed by atoms with van der Waals surface area (Å²) in [5.74, 6) is 0.325. The van der Waals surface area contributed by atoms with Gasteiger partial charge in [0.15, 0.2) is 17.6 Å². The molecule has 0 unspecified atom stereocenters. The van der Waals surface area contributed by atoms with Gasteiger partial charge in [0.2, 0.25) is 0 Å². The number of methoxy groups -OCH3 is 1. The van der Waals surface area contributed by atoms with Crippen LogP contribution in [0.3, 0.4) is 0 Å². The van der Waals surface area contributed by atoms with Gasteiger partial charge in [-0.15, -0.1) is 0 Å². The molecule has 2 rings (SSSR count). The van der Waals surface area contributed by atoms with Gasteiger partial charge < -0.3 is 19.5 Å². The largest absolute Gasteiger partial charge is 0.493 e. The molecule has 0 radical (unpaired) electrons. The summed E-state index contributed by atoms with van der Waals surface area (Å²) < 4.78 is 16.1. The second-order valence-corrected chi connectivity index (χ2v) is 6.78. The molecule has 0 fully saturated rings. The zero-order valence-electron chi connectivity index (χ0n) is 16.6. The summed E-state index contributed by atoms with van der Waals surface area (Å²) >= 11 is 5.75. The molecule has 0 aliphatic carbocycles. The predicted octanol–water partition coefficient (Wildman–Crippen LogP) is 4.11. The van der Waals surface area contributed by atoms with Crippen molar-refractivity contribution < 1.29 is 23.8 Å². The molecule has 7 nitrogen and oxygen atoms in total. The minimum Gasteiger partial charge on any atom is -0.493 e. The zero-order valence-corrected chi connectivity index (χ0v) is 17.4. The number of carbonyl (C=O) groups excluding carboxylic acids is 2. The van der Waals surface area contributed by atoms with Crippen LogP contribution in [-0.4, -0.2) is 36.2 Å².